The standard InChI is InChI=1S/C14H18O6/c1-3-13(4-2)9(16)12(10(17)18)5-6-14(13,11(19)20)8(15)7-12/h3-7H2,1-2H3,(H,17,18)(H,19,20). The van der Waals surface area contributed by atoms with Gasteiger partial charge in [-0.15, -0.1) is 0 Å². The summed E-state index contributed by atoms with van der Waals surface area (Å²) in [7, 11) is 0. The zero-order chi connectivity index (χ0) is 15.3. The first kappa shape index (κ1) is 14.7. The lowest BCUT2D eigenvalue weighted by molar-refractivity contribution is -0.199. The van der Waals surface area contributed by atoms with Crippen LogP contribution in [0.5, 0.6) is 0 Å². The first-order valence-corrected chi connectivity index (χ1v) is 6.80. The smallest absolute Gasteiger partial charge is 0.318 e. The fraction of sp³-hybridized carbons (Fsp3) is 0.714. The van der Waals surface area contributed by atoms with Crippen LogP contribution in [-0.4, -0.2) is 33.7 Å². The van der Waals surface area contributed by atoms with Crippen molar-refractivity contribution in [2.45, 2.75) is 46.0 Å². The first-order valence-electron chi connectivity index (χ1n) is 6.80. The van der Waals surface area contributed by atoms with E-state index >= 15 is 0 Å². The van der Waals surface area contributed by atoms with Gasteiger partial charge in [-0.25, -0.2) is 0 Å². The molecule has 20 heavy (non-hydrogen) atoms. The second kappa shape index (κ2) is 4.14. The Hall–Kier alpha value is -1.72. The van der Waals surface area contributed by atoms with Gasteiger partial charge >= 0.3 is 11.9 Å². The quantitative estimate of drug-likeness (QED) is 0.751. The van der Waals surface area contributed by atoms with Gasteiger partial charge in [0, 0.05) is 6.42 Å². The van der Waals surface area contributed by atoms with Crippen molar-refractivity contribution in [1.82, 2.24) is 0 Å². The van der Waals surface area contributed by atoms with Gasteiger partial charge in [0.05, 0.1) is 5.41 Å². The third-order valence-electron chi connectivity index (χ3n) is 5.53. The van der Waals surface area contributed by atoms with Crippen LogP contribution in [0.15, 0.2) is 0 Å². The number of fused-ring (bicyclic) bond motifs is 3. The summed E-state index contributed by atoms with van der Waals surface area (Å²) in [4.78, 5) is 48.5. The maximum atomic E-state index is 12.8. The van der Waals surface area contributed by atoms with Gasteiger partial charge in [-0.05, 0) is 25.7 Å². The molecule has 3 rings (SSSR count). The number of hydrogen-bond acceptors (Lipinski definition) is 4. The average molecular weight is 282 g/mol. The summed E-state index contributed by atoms with van der Waals surface area (Å²) in [6, 6.07) is 0. The molecule has 6 nitrogen and oxygen atoms in total. The van der Waals surface area contributed by atoms with Gasteiger partial charge < -0.3 is 10.2 Å². The molecule has 2 unspecified atom stereocenters. The Labute approximate surface area is 116 Å². The summed E-state index contributed by atoms with van der Waals surface area (Å²) >= 11 is 0. The van der Waals surface area contributed by atoms with Crippen LogP contribution in [0.25, 0.3) is 0 Å². The lowest BCUT2D eigenvalue weighted by Crippen LogP contribution is -2.70. The number of Topliss-reactive ketones (excluding diaryl/α,β-unsaturated/α-hetero) is 2. The Morgan fingerprint density at radius 3 is 1.95 bits per heavy atom. The van der Waals surface area contributed by atoms with E-state index in [2.05, 4.69) is 0 Å². The van der Waals surface area contributed by atoms with Crippen LogP contribution in [0.1, 0.15) is 46.0 Å². The van der Waals surface area contributed by atoms with Gasteiger partial charge in [0.25, 0.3) is 0 Å². The maximum absolute atomic E-state index is 12.8. The van der Waals surface area contributed by atoms with Crippen LogP contribution in [0.2, 0.25) is 0 Å². The Balaban J connectivity index is 2.76. The Bertz CT molecular complexity index is 518. The van der Waals surface area contributed by atoms with E-state index in [0.29, 0.717) is 0 Å². The van der Waals surface area contributed by atoms with Crippen molar-refractivity contribution < 1.29 is 29.4 Å². The Kier molecular flexibility index (Phi) is 3.04. The van der Waals surface area contributed by atoms with Crippen LogP contribution in [0.3, 0.4) is 0 Å². The lowest BCUT2D eigenvalue weighted by atomic mass is 9.40. The van der Waals surface area contributed by atoms with Crippen molar-refractivity contribution in [1.29, 1.82) is 0 Å². The van der Waals surface area contributed by atoms with Gasteiger partial charge in [0.2, 0.25) is 0 Å². The maximum Gasteiger partial charge on any atom is 0.318 e. The number of ketones is 2. The third-order valence-corrected chi connectivity index (χ3v) is 5.53. The number of carboxylic acids is 2. The summed E-state index contributed by atoms with van der Waals surface area (Å²) in [6.45, 7) is 3.30. The van der Waals surface area contributed by atoms with Crippen molar-refractivity contribution in [3.05, 3.63) is 0 Å². The molecule has 0 saturated heterocycles. The molecule has 110 valence electrons. The van der Waals surface area contributed by atoms with Crippen LogP contribution in [0, 0.1) is 16.2 Å². The molecule has 3 aliphatic carbocycles. The predicted molar refractivity (Wildman–Crippen MR) is 67.0 cm³/mol. The van der Waals surface area contributed by atoms with Gasteiger partial charge in [0.15, 0.2) is 11.6 Å². The van der Waals surface area contributed by atoms with Crippen LogP contribution >= 0.6 is 0 Å². The molecule has 6 heteroatoms. The summed E-state index contributed by atoms with van der Waals surface area (Å²) in [5.41, 5.74) is -4.87. The van der Waals surface area contributed by atoms with Gasteiger partial charge in [0.1, 0.15) is 10.8 Å². The van der Waals surface area contributed by atoms with Gasteiger partial charge in [-0.2, -0.15) is 0 Å². The van der Waals surface area contributed by atoms with Gasteiger partial charge in [-0.1, -0.05) is 13.8 Å². The highest BCUT2D eigenvalue weighted by Crippen LogP contribution is 2.64. The largest absolute Gasteiger partial charge is 0.480 e. The van der Waals surface area contributed by atoms with E-state index in [4.69, 9.17) is 0 Å². The molecule has 3 fully saturated rings. The second-order valence-electron chi connectivity index (χ2n) is 5.82. The molecule has 2 atom stereocenters. The molecule has 3 saturated carbocycles. The number of aliphatic carboxylic acids is 2. The Morgan fingerprint density at radius 2 is 1.60 bits per heavy atom. The van der Waals surface area contributed by atoms with Crippen LogP contribution < -0.4 is 0 Å². The van der Waals surface area contributed by atoms with E-state index in [1.165, 1.54) is 0 Å². The first-order chi connectivity index (χ1) is 9.25. The fourth-order valence-electron chi connectivity index (χ4n) is 4.29. The minimum absolute atomic E-state index is 0.0685. The molecule has 0 amide bonds. The van der Waals surface area contributed by atoms with Crippen molar-refractivity contribution >= 4 is 23.5 Å². The van der Waals surface area contributed by atoms with Crippen molar-refractivity contribution in [2.24, 2.45) is 16.2 Å². The number of carboxylic acid groups (broad SMARTS) is 2. The molecule has 3 aliphatic rings. The number of carbonyl (C=O) groups is 4. The summed E-state index contributed by atoms with van der Waals surface area (Å²) in [6.07, 6.45) is -0.304. The normalized spacial score (nSPS) is 35.1. The number of carbonyl (C=O) groups excluding carboxylic acids is 2. The molecular formula is C14H18O6. The number of hydrogen-bond donors (Lipinski definition) is 2. The molecule has 0 heterocycles. The van der Waals surface area contributed by atoms with Crippen molar-refractivity contribution in [2.75, 3.05) is 0 Å². The molecule has 0 aromatic heterocycles. The molecule has 2 bridgehead atoms. The highest BCUT2D eigenvalue weighted by atomic mass is 16.4. The van der Waals surface area contributed by atoms with Crippen LogP contribution in [0.4, 0.5) is 0 Å². The molecule has 0 aliphatic heterocycles. The highest BCUT2D eigenvalue weighted by Gasteiger charge is 2.76. The molecule has 0 spiro atoms. The molecule has 0 aromatic rings. The van der Waals surface area contributed by atoms with E-state index in [1.54, 1.807) is 13.8 Å². The van der Waals surface area contributed by atoms with E-state index < -0.39 is 46.2 Å². The van der Waals surface area contributed by atoms with E-state index in [1.807, 2.05) is 0 Å². The second-order valence-corrected chi connectivity index (χ2v) is 5.82. The predicted octanol–water partition coefficient (Wildman–Crippen LogP) is 1.27. The molecule has 0 radical (unpaired) electrons. The summed E-state index contributed by atoms with van der Waals surface area (Å²) in [5.74, 6) is -3.78. The van der Waals surface area contributed by atoms with E-state index in [0.717, 1.165) is 0 Å². The minimum atomic E-state index is -1.75. The topological polar surface area (TPSA) is 109 Å². The van der Waals surface area contributed by atoms with Crippen LogP contribution in [-0.2, 0) is 19.2 Å². The van der Waals surface area contributed by atoms with E-state index in [9.17, 15) is 29.4 Å². The molecule has 2 N–H and O–H groups in total. The average Bonchev–Trinajstić information content (AvgIpc) is 2.40. The highest BCUT2D eigenvalue weighted by molar-refractivity contribution is 6.21. The van der Waals surface area contributed by atoms with E-state index in [-0.39, 0.29) is 25.7 Å². The zero-order valence-electron chi connectivity index (χ0n) is 11.6. The fourth-order valence-corrected chi connectivity index (χ4v) is 4.29. The monoisotopic (exact) mass is 282 g/mol. The minimum Gasteiger partial charge on any atom is -0.480 e. The summed E-state index contributed by atoms with van der Waals surface area (Å²) < 4.78 is 0. The van der Waals surface area contributed by atoms with Gasteiger partial charge in [-0.3, -0.25) is 19.2 Å². The Morgan fingerprint density at radius 1 is 1.05 bits per heavy atom. The molecular weight excluding hydrogens is 264 g/mol. The zero-order valence-corrected chi connectivity index (χ0v) is 11.6. The van der Waals surface area contributed by atoms with Crippen molar-refractivity contribution in [3.8, 4) is 0 Å². The van der Waals surface area contributed by atoms with Crippen molar-refractivity contribution in [3.63, 3.8) is 0 Å². The third kappa shape index (κ3) is 1.24. The lowest BCUT2D eigenvalue weighted by Gasteiger charge is -2.57. The summed E-state index contributed by atoms with van der Waals surface area (Å²) in [5, 5.41) is 19.0. The molecule has 0 aromatic carbocycles. The SMILES string of the molecule is CCC1(CC)C(=O)C2(C(=O)O)CCC1(C(=O)O)C(=O)C2. The number of rotatable bonds is 4.